The van der Waals surface area contributed by atoms with Crippen molar-refractivity contribution in [1.29, 1.82) is 0 Å². The Balaban J connectivity index is 1.62. The van der Waals surface area contributed by atoms with Gasteiger partial charge in [-0.2, -0.15) is 0 Å². The van der Waals surface area contributed by atoms with Crippen LogP contribution in [0, 0.1) is 10.8 Å². The second-order valence-corrected chi connectivity index (χ2v) is 22.0. The molecule has 0 saturated carbocycles. The summed E-state index contributed by atoms with van der Waals surface area (Å²) in [5, 5.41) is 13.7. The summed E-state index contributed by atoms with van der Waals surface area (Å²) < 4.78 is 54.9. The second-order valence-electron chi connectivity index (χ2n) is 17.2. The van der Waals surface area contributed by atoms with E-state index in [-0.39, 0.29) is 22.7 Å². The molecular formula is C42H60O10Si. The van der Waals surface area contributed by atoms with Gasteiger partial charge in [0.25, 0.3) is 0 Å². The smallest absolute Gasteiger partial charge is 0.192 e. The molecule has 0 amide bonds. The molecule has 2 aliphatic heterocycles. The maximum Gasteiger partial charge on any atom is 0.192 e. The van der Waals surface area contributed by atoms with E-state index in [0.29, 0.717) is 73.6 Å². The van der Waals surface area contributed by atoms with Gasteiger partial charge in [-0.15, -0.1) is 0 Å². The van der Waals surface area contributed by atoms with Gasteiger partial charge in [-0.3, -0.25) is 0 Å². The zero-order valence-electron chi connectivity index (χ0n) is 33.5. The minimum absolute atomic E-state index is 0.0405. The fourth-order valence-corrected chi connectivity index (χ4v) is 7.12. The largest absolute Gasteiger partial charge is 0.496 e. The van der Waals surface area contributed by atoms with Gasteiger partial charge in [0.1, 0.15) is 29.5 Å². The van der Waals surface area contributed by atoms with E-state index in [9.17, 15) is 5.11 Å². The molecule has 292 valence electrons. The summed E-state index contributed by atoms with van der Waals surface area (Å²) in [5.41, 5.74) is 0.780. The molecule has 5 rings (SSSR count). The van der Waals surface area contributed by atoms with Gasteiger partial charge < -0.3 is 47.4 Å². The molecule has 11 heteroatoms. The van der Waals surface area contributed by atoms with Crippen LogP contribution in [0.25, 0.3) is 0 Å². The Kier molecular flexibility index (Phi) is 12.7. The van der Waals surface area contributed by atoms with E-state index >= 15 is 0 Å². The molecule has 2 fully saturated rings. The van der Waals surface area contributed by atoms with E-state index in [1.54, 1.807) is 14.2 Å². The van der Waals surface area contributed by atoms with Crippen LogP contribution in [0.1, 0.15) is 88.9 Å². The summed E-state index contributed by atoms with van der Waals surface area (Å²) in [6.45, 7) is 22.4. The molecule has 1 unspecified atom stereocenters. The zero-order chi connectivity index (χ0) is 38.7. The average molecular weight is 753 g/mol. The molecule has 2 aliphatic rings. The average Bonchev–Trinajstić information content (AvgIpc) is 3.11. The third-order valence-electron chi connectivity index (χ3n) is 10.3. The van der Waals surface area contributed by atoms with Crippen LogP contribution in [0.5, 0.6) is 17.2 Å². The lowest BCUT2D eigenvalue weighted by Gasteiger charge is -2.37. The minimum atomic E-state index is -1.96. The van der Waals surface area contributed by atoms with Crippen LogP contribution >= 0.6 is 0 Å². The highest BCUT2D eigenvalue weighted by Crippen LogP contribution is 2.48. The number of benzene rings is 3. The van der Waals surface area contributed by atoms with Crippen LogP contribution in [0.15, 0.2) is 60.7 Å². The van der Waals surface area contributed by atoms with Gasteiger partial charge in [0, 0.05) is 40.2 Å². The molecule has 0 bridgehead atoms. The van der Waals surface area contributed by atoms with Crippen LogP contribution in [-0.4, -0.2) is 74.1 Å². The van der Waals surface area contributed by atoms with Crippen LogP contribution in [0.3, 0.4) is 0 Å². The first-order valence-electron chi connectivity index (χ1n) is 18.4. The van der Waals surface area contributed by atoms with Gasteiger partial charge in [-0.05, 0) is 60.1 Å². The van der Waals surface area contributed by atoms with Crippen LogP contribution in [-0.2, 0) is 33.7 Å². The highest BCUT2D eigenvalue weighted by molar-refractivity contribution is 6.74. The van der Waals surface area contributed by atoms with Crippen molar-refractivity contribution >= 4 is 8.32 Å². The maximum atomic E-state index is 13.6. The van der Waals surface area contributed by atoms with Crippen molar-refractivity contribution in [3.63, 3.8) is 0 Å². The number of aliphatic hydroxyl groups is 1. The van der Waals surface area contributed by atoms with Crippen molar-refractivity contribution in [3.05, 3.63) is 88.5 Å². The molecule has 1 N–H and O–H groups in total. The normalized spacial score (nSPS) is 19.4. The predicted molar refractivity (Wildman–Crippen MR) is 206 cm³/mol. The lowest BCUT2D eigenvalue weighted by Crippen LogP contribution is -2.41. The van der Waals surface area contributed by atoms with Gasteiger partial charge in [0.15, 0.2) is 27.7 Å². The second kappa shape index (κ2) is 16.4. The van der Waals surface area contributed by atoms with Crippen molar-refractivity contribution in [1.82, 2.24) is 0 Å². The molecule has 3 aromatic rings. The van der Waals surface area contributed by atoms with E-state index in [4.69, 9.17) is 42.3 Å². The monoisotopic (exact) mass is 752 g/mol. The van der Waals surface area contributed by atoms with Crippen molar-refractivity contribution < 1.29 is 47.4 Å². The Morgan fingerprint density at radius 1 is 0.717 bits per heavy atom. The summed E-state index contributed by atoms with van der Waals surface area (Å²) in [7, 11) is 1.18. The molecule has 2 saturated heterocycles. The summed E-state index contributed by atoms with van der Waals surface area (Å²) in [6, 6.07) is 18.6. The molecule has 0 aliphatic carbocycles. The first-order valence-corrected chi connectivity index (χ1v) is 21.3. The standard InChI is InChI=1S/C42H60O10Si/c1-39(2,3)53(10,11)52-20-19-46-32-14-12-13-31(23-32)42(43,33-21-29(15-17-35(33)45-9)37-47-24-40(4,5)25-48-37)34-22-30(16-18-36(34)51-28-44-8)38-49-26-41(6,7)27-50-38/h12-18,21-23,37-38,43H,19-20,24-28H2,1-11H3. The van der Waals surface area contributed by atoms with E-state index in [1.807, 2.05) is 60.7 Å². The van der Waals surface area contributed by atoms with Gasteiger partial charge in [0.2, 0.25) is 0 Å². The molecule has 1 atom stereocenters. The van der Waals surface area contributed by atoms with Crippen molar-refractivity contribution in [2.75, 3.05) is 60.7 Å². The van der Waals surface area contributed by atoms with Crippen LogP contribution in [0.4, 0.5) is 0 Å². The first kappa shape index (κ1) is 41.2. The molecule has 0 aromatic heterocycles. The predicted octanol–water partition coefficient (Wildman–Crippen LogP) is 8.51. The Bertz CT molecular complexity index is 1660. The Morgan fingerprint density at radius 2 is 1.25 bits per heavy atom. The van der Waals surface area contributed by atoms with Crippen LogP contribution in [0.2, 0.25) is 18.1 Å². The number of ether oxygens (including phenoxy) is 8. The summed E-state index contributed by atoms with van der Waals surface area (Å²) in [4.78, 5) is 0. The lowest BCUT2D eigenvalue weighted by molar-refractivity contribution is -0.226. The molecule has 0 radical (unpaired) electrons. The van der Waals surface area contributed by atoms with Gasteiger partial charge in [-0.25, -0.2) is 0 Å². The third kappa shape index (κ3) is 9.63. The topological polar surface area (TPSA) is 103 Å². The number of methoxy groups -OCH3 is 2. The van der Waals surface area contributed by atoms with Crippen molar-refractivity contribution in [3.8, 4) is 17.2 Å². The zero-order valence-corrected chi connectivity index (χ0v) is 34.5. The first-order chi connectivity index (χ1) is 24.9. The van der Waals surface area contributed by atoms with Crippen LogP contribution < -0.4 is 14.2 Å². The number of hydrogen-bond donors (Lipinski definition) is 1. The number of rotatable bonds is 14. The molecule has 2 heterocycles. The number of hydrogen-bond acceptors (Lipinski definition) is 10. The third-order valence-corrected chi connectivity index (χ3v) is 14.8. The molecule has 0 spiro atoms. The van der Waals surface area contributed by atoms with E-state index in [2.05, 4.69) is 61.6 Å². The van der Waals surface area contributed by atoms with E-state index in [1.165, 1.54) is 0 Å². The van der Waals surface area contributed by atoms with Crippen molar-refractivity contribution in [2.45, 2.75) is 84.8 Å². The fourth-order valence-electron chi connectivity index (χ4n) is 6.09. The maximum absolute atomic E-state index is 13.6. The van der Waals surface area contributed by atoms with Crippen molar-refractivity contribution in [2.24, 2.45) is 10.8 Å². The molecule has 10 nitrogen and oxygen atoms in total. The Hall–Kier alpha value is -3.00. The summed E-state index contributed by atoms with van der Waals surface area (Å²) >= 11 is 0. The molecule has 3 aromatic carbocycles. The minimum Gasteiger partial charge on any atom is -0.496 e. The molecule has 53 heavy (non-hydrogen) atoms. The lowest BCUT2D eigenvalue weighted by atomic mass is 9.78. The fraction of sp³-hybridized carbons (Fsp3) is 0.571. The van der Waals surface area contributed by atoms with E-state index in [0.717, 1.165) is 11.1 Å². The highest BCUT2D eigenvalue weighted by Gasteiger charge is 2.42. The Morgan fingerprint density at radius 3 is 1.75 bits per heavy atom. The SMILES string of the molecule is COCOc1ccc(C2OCC(C)(C)CO2)cc1C(O)(c1cccc(OCCO[Si](C)(C)C(C)(C)C)c1)c1cc(C2OCC(C)(C)CO2)ccc1OC. The van der Waals surface area contributed by atoms with Gasteiger partial charge in [-0.1, -0.05) is 72.7 Å². The van der Waals surface area contributed by atoms with E-state index < -0.39 is 26.5 Å². The quantitative estimate of drug-likeness (QED) is 0.0747. The summed E-state index contributed by atoms with van der Waals surface area (Å²) in [5.74, 6) is 1.44. The summed E-state index contributed by atoms with van der Waals surface area (Å²) in [6.07, 6.45) is -1.27. The Labute approximate surface area is 317 Å². The molecular weight excluding hydrogens is 693 g/mol. The highest BCUT2D eigenvalue weighted by atomic mass is 28.4. The van der Waals surface area contributed by atoms with Gasteiger partial charge >= 0.3 is 0 Å². The van der Waals surface area contributed by atoms with Gasteiger partial charge in [0.05, 0.1) is 40.1 Å².